The lowest BCUT2D eigenvalue weighted by Gasteiger charge is -2.36. The Labute approximate surface area is 165 Å². The zero-order chi connectivity index (χ0) is 19.8. The highest BCUT2D eigenvalue weighted by molar-refractivity contribution is 5.79. The molecular formula is C21H26N4O3. The first-order valence-corrected chi connectivity index (χ1v) is 9.65. The summed E-state index contributed by atoms with van der Waals surface area (Å²) in [4.78, 5) is 27.5. The largest absolute Gasteiger partial charge is 0.369 e. The van der Waals surface area contributed by atoms with Gasteiger partial charge in [0.05, 0.1) is 11.3 Å². The summed E-state index contributed by atoms with van der Waals surface area (Å²) in [6.07, 6.45) is 0.904. The summed E-state index contributed by atoms with van der Waals surface area (Å²) >= 11 is 0. The van der Waals surface area contributed by atoms with Crippen molar-refractivity contribution in [1.82, 2.24) is 10.2 Å². The maximum absolute atomic E-state index is 12.1. The molecule has 28 heavy (non-hydrogen) atoms. The van der Waals surface area contributed by atoms with E-state index in [0.29, 0.717) is 12.1 Å². The molecule has 2 aromatic carbocycles. The summed E-state index contributed by atoms with van der Waals surface area (Å²) in [7, 11) is 0. The van der Waals surface area contributed by atoms with Gasteiger partial charge in [0.25, 0.3) is 5.69 Å². The Morgan fingerprint density at radius 3 is 2.39 bits per heavy atom. The molecule has 148 valence electrons. The average Bonchev–Trinajstić information content (AvgIpc) is 2.72. The number of nitrogens with one attached hydrogen (secondary N) is 1. The summed E-state index contributed by atoms with van der Waals surface area (Å²) in [6.45, 7) is 5.56. The lowest BCUT2D eigenvalue weighted by Crippen LogP contribution is -2.47. The zero-order valence-corrected chi connectivity index (χ0v) is 15.9. The first-order valence-electron chi connectivity index (χ1n) is 9.65. The van der Waals surface area contributed by atoms with Gasteiger partial charge in [0.15, 0.2) is 0 Å². The Balaban J connectivity index is 1.34. The number of nitrogens with zero attached hydrogens (tertiary/aromatic N) is 3. The summed E-state index contributed by atoms with van der Waals surface area (Å²) in [5, 5.41) is 13.9. The van der Waals surface area contributed by atoms with E-state index in [2.05, 4.69) is 39.4 Å². The highest BCUT2D eigenvalue weighted by Crippen LogP contribution is 2.18. The number of amides is 1. The molecule has 0 aliphatic carbocycles. The van der Waals surface area contributed by atoms with Gasteiger partial charge in [-0.15, -0.1) is 0 Å². The molecule has 0 spiro atoms. The SMILES string of the molecule is O=C(Cc1ccccc1[N+](=O)[O-])NCCCN1CCN(c2ccccc2)CC1. The zero-order valence-electron chi connectivity index (χ0n) is 15.9. The molecule has 0 unspecified atom stereocenters. The molecule has 7 heteroatoms. The van der Waals surface area contributed by atoms with Crippen molar-refractivity contribution in [1.29, 1.82) is 0 Å². The van der Waals surface area contributed by atoms with Crippen molar-refractivity contribution in [2.24, 2.45) is 0 Å². The molecule has 0 aromatic heterocycles. The van der Waals surface area contributed by atoms with E-state index in [-0.39, 0.29) is 18.0 Å². The normalized spacial score (nSPS) is 14.6. The van der Waals surface area contributed by atoms with Gasteiger partial charge in [-0.2, -0.15) is 0 Å². The molecule has 0 saturated carbocycles. The minimum atomic E-state index is -0.447. The third-order valence-corrected chi connectivity index (χ3v) is 5.01. The fourth-order valence-electron chi connectivity index (χ4n) is 3.47. The Kier molecular flexibility index (Phi) is 6.97. The van der Waals surface area contributed by atoms with E-state index in [0.717, 1.165) is 39.1 Å². The van der Waals surface area contributed by atoms with Crippen LogP contribution in [0.15, 0.2) is 54.6 Å². The fourth-order valence-corrected chi connectivity index (χ4v) is 3.47. The number of para-hydroxylation sites is 2. The summed E-state index contributed by atoms with van der Waals surface area (Å²) < 4.78 is 0. The average molecular weight is 382 g/mol. The lowest BCUT2D eigenvalue weighted by atomic mass is 10.1. The number of carbonyl (C=O) groups is 1. The van der Waals surface area contributed by atoms with Crippen LogP contribution in [0.2, 0.25) is 0 Å². The van der Waals surface area contributed by atoms with E-state index in [9.17, 15) is 14.9 Å². The third kappa shape index (κ3) is 5.53. The van der Waals surface area contributed by atoms with Crippen LogP contribution in [0.3, 0.4) is 0 Å². The van der Waals surface area contributed by atoms with Gasteiger partial charge in [0.1, 0.15) is 0 Å². The second kappa shape index (κ2) is 9.85. The van der Waals surface area contributed by atoms with Gasteiger partial charge < -0.3 is 10.2 Å². The van der Waals surface area contributed by atoms with Gasteiger partial charge in [0.2, 0.25) is 5.91 Å². The van der Waals surface area contributed by atoms with E-state index in [1.54, 1.807) is 18.2 Å². The number of piperazine rings is 1. The molecule has 1 heterocycles. The summed E-state index contributed by atoms with van der Waals surface area (Å²) in [6, 6.07) is 16.8. The predicted octanol–water partition coefficient (Wildman–Crippen LogP) is 2.47. The standard InChI is InChI=1S/C21H26N4O3/c26-21(17-18-7-4-5-10-20(18)25(27)28)22-11-6-12-23-13-15-24(16-14-23)19-8-2-1-3-9-19/h1-5,7-10H,6,11-17H2,(H,22,26). The van der Waals surface area contributed by atoms with Crippen LogP contribution >= 0.6 is 0 Å². The van der Waals surface area contributed by atoms with Crippen LogP contribution in [0.1, 0.15) is 12.0 Å². The topological polar surface area (TPSA) is 78.7 Å². The molecular weight excluding hydrogens is 356 g/mol. The number of hydrogen-bond donors (Lipinski definition) is 1. The molecule has 2 aromatic rings. The van der Waals surface area contributed by atoms with Crippen LogP contribution in [0, 0.1) is 10.1 Å². The van der Waals surface area contributed by atoms with Crippen molar-refractivity contribution in [2.75, 3.05) is 44.2 Å². The molecule has 3 rings (SSSR count). The highest BCUT2D eigenvalue weighted by Gasteiger charge is 2.17. The predicted molar refractivity (Wildman–Crippen MR) is 110 cm³/mol. The van der Waals surface area contributed by atoms with Crippen LogP contribution < -0.4 is 10.2 Å². The lowest BCUT2D eigenvalue weighted by molar-refractivity contribution is -0.385. The van der Waals surface area contributed by atoms with E-state index in [1.807, 2.05) is 6.07 Å². The van der Waals surface area contributed by atoms with Crippen molar-refractivity contribution < 1.29 is 9.72 Å². The van der Waals surface area contributed by atoms with Gasteiger partial charge in [-0.1, -0.05) is 36.4 Å². The Hall–Kier alpha value is -2.93. The monoisotopic (exact) mass is 382 g/mol. The second-order valence-electron chi connectivity index (χ2n) is 6.93. The molecule has 0 radical (unpaired) electrons. The van der Waals surface area contributed by atoms with Gasteiger partial charge in [-0.05, 0) is 25.1 Å². The van der Waals surface area contributed by atoms with E-state index < -0.39 is 4.92 Å². The third-order valence-electron chi connectivity index (χ3n) is 5.01. The van der Waals surface area contributed by atoms with Gasteiger partial charge in [0, 0.05) is 50.0 Å². The summed E-state index contributed by atoms with van der Waals surface area (Å²) in [5.74, 6) is -0.178. The van der Waals surface area contributed by atoms with Crippen LogP contribution in [-0.4, -0.2) is 55.0 Å². The van der Waals surface area contributed by atoms with Crippen molar-refractivity contribution in [3.63, 3.8) is 0 Å². The van der Waals surface area contributed by atoms with E-state index in [1.165, 1.54) is 11.8 Å². The van der Waals surface area contributed by atoms with Crippen LogP contribution in [0.4, 0.5) is 11.4 Å². The van der Waals surface area contributed by atoms with Crippen molar-refractivity contribution in [3.8, 4) is 0 Å². The number of benzene rings is 2. The quantitative estimate of drug-likeness (QED) is 0.431. The Morgan fingerprint density at radius 1 is 1.00 bits per heavy atom. The minimum absolute atomic E-state index is 0.00561. The van der Waals surface area contributed by atoms with Crippen LogP contribution in [0.5, 0.6) is 0 Å². The number of anilines is 1. The van der Waals surface area contributed by atoms with Crippen LogP contribution in [0.25, 0.3) is 0 Å². The maximum atomic E-state index is 12.1. The highest BCUT2D eigenvalue weighted by atomic mass is 16.6. The maximum Gasteiger partial charge on any atom is 0.273 e. The van der Waals surface area contributed by atoms with Crippen molar-refractivity contribution >= 4 is 17.3 Å². The van der Waals surface area contributed by atoms with Gasteiger partial charge in [-0.3, -0.25) is 19.8 Å². The molecule has 1 amide bonds. The van der Waals surface area contributed by atoms with Gasteiger partial charge in [-0.25, -0.2) is 0 Å². The second-order valence-corrected chi connectivity index (χ2v) is 6.93. The summed E-state index contributed by atoms with van der Waals surface area (Å²) in [5.41, 5.74) is 1.71. The molecule has 1 saturated heterocycles. The first-order chi connectivity index (χ1) is 13.6. The van der Waals surface area contributed by atoms with Crippen molar-refractivity contribution in [3.05, 3.63) is 70.3 Å². The van der Waals surface area contributed by atoms with E-state index in [4.69, 9.17) is 0 Å². The Bertz CT molecular complexity index is 789. The molecule has 0 atom stereocenters. The van der Waals surface area contributed by atoms with Gasteiger partial charge >= 0.3 is 0 Å². The number of nitro benzene ring substituents is 1. The van der Waals surface area contributed by atoms with E-state index >= 15 is 0 Å². The molecule has 1 aliphatic rings. The van der Waals surface area contributed by atoms with Crippen molar-refractivity contribution in [2.45, 2.75) is 12.8 Å². The smallest absolute Gasteiger partial charge is 0.273 e. The number of rotatable bonds is 8. The number of carbonyl (C=O) groups excluding carboxylic acids is 1. The molecule has 1 aliphatic heterocycles. The Morgan fingerprint density at radius 2 is 1.68 bits per heavy atom. The molecule has 7 nitrogen and oxygen atoms in total. The molecule has 0 bridgehead atoms. The first kappa shape index (κ1) is 19.8. The number of hydrogen-bond acceptors (Lipinski definition) is 5. The molecule has 1 fully saturated rings. The molecule has 1 N–H and O–H groups in total. The number of nitro groups is 1. The fraction of sp³-hybridized carbons (Fsp3) is 0.381. The minimum Gasteiger partial charge on any atom is -0.369 e. The van der Waals surface area contributed by atoms with Crippen LogP contribution in [-0.2, 0) is 11.2 Å².